The summed E-state index contributed by atoms with van der Waals surface area (Å²) in [5, 5.41) is 35.6. The van der Waals surface area contributed by atoms with E-state index in [0.717, 1.165) is 0 Å². The number of benzene rings is 2. The Kier molecular flexibility index (Phi) is 21.5. The van der Waals surface area contributed by atoms with Crippen LogP contribution in [0, 0.1) is 5.92 Å². The van der Waals surface area contributed by atoms with E-state index in [2.05, 4.69) is 36.9 Å². The Morgan fingerprint density at radius 3 is 1.52 bits per heavy atom. The van der Waals surface area contributed by atoms with Crippen LogP contribution in [-0.4, -0.2) is 107 Å². The summed E-state index contributed by atoms with van der Waals surface area (Å²) in [5.74, 6) is -5.64. The van der Waals surface area contributed by atoms with Crippen molar-refractivity contribution in [2.75, 3.05) is 13.1 Å². The van der Waals surface area contributed by atoms with Gasteiger partial charge in [0.25, 0.3) is 0 Å². The van der Waals surface area contributed by atoms with Gasteiger partial charge in [-0.3, -0.25) is 38.6 Å². The Morgan fingerprint density at radius 2 is 1.07 bits per heavy atom. The number of rotatable bonds is 26. The van der Waals surface area contributed by atoms with E-state index in [1.165, 1.54) is 50.2 Å². The highest BCUT2D eigenvalue weighted by atomic mass is 16.3. The molecular formula is C41H63N11O9. The molecule has 20 heteroatoms. The number of carbonyl (C=O) groups excluding carboxylic acids is 7. The maximum absolute atomic E-state index is 14.3. The van der Waals surface area contributed by atoms with Crippen molar-refractivity contribution in [1.82, 2.24) is 31.9 Å². The average molecular weight is 854 g/mol. The summed E-state index contributed by atoms with van der Waals surface area (Å²) >= 11 is 0. The molecule has 7 atom stereocenters. The van der Waals surface area contributed by atoms with Gasteiger partial charge in [-0.15, -0.1) is 0 Å². The molecule has 0 aliphatic rings. The summed E-state index contributed by atoms with van der Waals surface area (Å²) in [6, 6.07) is 4.60. The van der Waals surface area contributed by atoms with Crippen molar-refractivity contribution in [3.8, 4) is 11.5 Å². The zero-order valence-corrected chi connectivity index (χ0v) is 35.2. The molecule has 0 fully saturated rings. The van der Waals surface area contributed by atoms with Crippen LogP contribution in [0.3, 0.4) is 0 Å². The summed E-state index contributed by atoms with van der Waals surface area (Å²) in [5.41, 5.74) is 23.2. The monoisotopic (exact) mass is 853 g/mol. The number of nitrogens with one attached hydrogen (secondary N) is 6. The van der Waals surface area contributed by atoms with Crippen molar-refractivity contribution in [2.24, 2.45) is 33.8 Å². The van der Waals surface area contributed by atoms with Crippen molar-refractivity contribution in [3.63, 3.8) is 0 Å². The van der Waals surface area contributed by atoms with Crippen molar-refractivity contribution in [1.29, 1.82) is 0 Å². The second kappa shape index (κ2) is 25.9. The lowest BCUT2D eigenvalue weighted by Gasteiger charge is -2.29. The molecular weight excluding hydrogens is 791 g/mol. The zero-order chi connectivity index (χ0) is 45.6. The maximum Gasteiger partial charge on any atom is 0.243 e. The summed E-state index contributed by atoms with van der Waals surface area (Å²) in [7, 11) is 0. The molecule has 2 rings (SSSR count). The predicted octanol–water partition coefficient (Wildman–Crippen LogP) is -1.45. The SMILES string of the molecule is CC[C@H](C)[C@H](NC(=O)[C@H](CCCN=C(N)N)NC(=O)[C@H](Cc1ccc(O)cc1)NC(=O)[C@H](Cc1ccc(O)cc1)NC(=O)[C@H](C)NC(C)=O)C(=O)N[C@@H](CCCCN)C(N)=O. The molecule has 2 aromatic carbocycles. The van der Waals surface area contributed by atoms with Crippen LogP contribution < -0.4 is 54.8 Å². The highest BCUT2D eigenvalue weighted by molar-refractivity contribution is 5.97. The Bertz CT molecular complexity index is 1810. The quantitative estimate of drug-likeness (QED) is 0.0294. The third-order valence-electron chi connectivity index (χ3n) is 9.81. The first kappa shape index (κ1) is 50.7. The number of aromatic hydroxyl groups is 2. The molecule has 0 bridgehead atoms. The molecule has 7 amide bonds. The van der Waals surface area contributed by atoms with Gasteiger partial charge in [-0.1, -0.05) is 44.5 Å². The Balaban J connectivity index is 2.51. The number of unbranched alkanes of at least 4 members (excludes halogenated alkanes) is 1. The van der Waals surface area contributed by atoms with Crippen molar-refractivity contribution in [3.05, 3.63) is 59.7 Å². The second-order valence-electron chi connectivity index (χ2n) is 14.9. The minimum absolute atomic E-state index is 0.0212. The lowest BCUT2D eigenvalue weighted by atomic mass is 9.96. The zero-order valence-electron chi connectivity index (χ0n) is 35.2. The third-order valence-corrected chi connectivity index (χ3v) is 9.81. The van der Waals surface area contributed by atoms with Crippen LogP contribution in [0.25, 0.3) is 0 Å². The largest absolute Gasteiger partial charge is 0.508 e. The van der Waals surface area contributed by atoms with Gasteiger partial charge in [-0.25, -0.2) is 0 Å². The van der Waals surface area contributed by atoms with E-state index in [9.17, 15) is 43.8 Å². The van der Waals surface area contributed by atoms with E-state index in [0.29, 0.717) is 36.9 Å². The van der Waals surface area contributed by atoms with Crippen LogP contribution in [0.5, 0.6) is 11.5 Å². The molecule has 0 saturated carbocycles. The van der Waals surface area contributed by atoms with Gasteiger partial charge in [0.1, 0.15) is 47.8 Å². The van der Waals surface area contributed by atoms with E-state index in [4.69, 9.17) is 22.9 Å². The number of primary amides is 1. The highest BCUT2D eigenvalue weighted by Crippen LogP contribution is 2.15. The molecule has 16 N–H and O–H groups in total. The summed E-state index contributed by atoms with van der Waals surface area (Å²) in [4.78, 5) is 97.1. The van der Waals surface area contributed by atoms with Crippen molar-refractivity contribution >= 4 is 47.3 Å². The minimum Gasteiger partial charge on any atom is -0.508 e. The molecule has 0 radical (unpaired) electrons. The fourth-order valence-electron chi connectivity index (χ4n) is 6.13. The smallest absolute Gasteiger partial charge is 0.243 e. The lowest BCUT2D eigenvalue weighted by molar-refractivity contribution is -0.135. The van der Waals surface area contributed by atoms with Crippen LogP contribution in [0.2, 0.25) is 0 Å². The first-order valence-electron chi connectivity index (χ1n) is 20.2. The van der Waals surface area contributed by atoms with Gasteiger partial charge in [-0.2, -0.15) is 0 Å². The van der Waals surface area contributed by atoms with Crippen molar-refractivity contribution in [2.45, 2.75) is 115 Å². The molecule has 0 unspecified atom stereocenters. The van der Waals surface area contributed by atoms with Crippen LogP contribution in [0.1, 0.15) is 77.3 Å². The number of guanidine groups is 1. The van der Waals surface area contributed by atoms with Gasteiger partial charge in [0.15, 0.2) is 5.96 Å². The van der Waals surface area contributed by atoms with E-state index in [1.807, 2.05) is 6.92 Å². The van der Waals surface area contributed by atoms with Crippen LogP contribution in [0.15, 0.2) is 53.5 Å². The minimum atomic E-state index is -1.38. The molecule has 0 spiro atoms. The average Bonchev–Trinajstić information content (AvgIpc) is 3.20. The Hall–Kier alpha value is -6.44. The number of phenols is 2. The van der Waals surface area contributed by atoms with Crippen LogP contribution in [-0.2, 0) is 46.4 Å². The topological polar surface area (TPSA) is 349 Å². The maximum atomic E-state index is 14.3. The number of aliphatic imine (C=N–C) groups is 1. The molecule has 20 nitrogen and oxygen atoms in total. The predicted molar refractivity (Wildman–Crippen MR) is 228 cm³/mol. The van der Waals surface area contributed by atoms with Gasteiger partial charge in [0.05, 0.1) is 0 Å². The number of hydrogen-bond acceptors (Lipinski definition) is 11. The number of carbonyl (C=O) groups is 7. The van der Waals surface area contributed by atoms with E-state index >= 15 is 0 Å². The second-order valence-corrected chi connectivity index (χ2v) is 14.9. The number of hydrogen-bond donors (Lipinski definition) is 12. The summed E-state index contributed by atoms with van der Waals surface area (Å²) < 4.78 is 0. The fraction of sp³-hybridized carbons (Fsp3) is 0.512. The molecule has 2 aromatic rings. The lowest BCUT2D eigenvalue weighted by Crippen LogP contribution is -2.60. The number of phenolic OH excluding ortho intramolecular Hbond substituents is 2. The van der Waals surface area contributed by atoms with Gasteiger partial charge in [-0.05, 0) is 86.9 Å². The first-order valence-corrected chi connectivity index (χ1v) is 20.2. The molecule has 0 aliphatic heterocycles. The van der Waals surface area contributed by atoms with E-state index in [1.54, 1.807) is 19.1 Å². The summed E-state index contributed by atoms with van der Waals surface area (Å²) in [6.45, 7) is 6.68. The van der Waals surface area contributed by atoms with E-state index in [-0.39, 0.29) is 56.1 Å². The number of amides is 7. The number of nitrogens with two attached hydrogens (primary N) is 4. The van der Waals surface area contributed by atoms with Crippen LogP contribution >= 0.6 is 0 Å². The molecule has 336 valence electrons. The number of nitrogens with zero attached hydrogens (tertiary/aromatic N) is 1. The van der Waals surface area contributed by atoms with Gasteiger partial charge >= 0.3 is 0 Å². The normalized spacial score (nSPS) is 14.3. The van der Waals surface area contributed by atoms with Crippen LogP contribution in [0.4, 0.5) is 0 Å². The third kappa shape index (κ3) is 18.6. The van der Waals surface area contributed by atoms with Crippen molar-refractivity contribution < 1.29 is 43.8 Å². The standard InChI is InChI=1S/C41H63N11O9/c1-5-23(2)34(40(61)48-30(35(43)56)9-6-7-19-42)52-37(58)31(10-8-20-46-41(44)45)49-38(59)33(22-27-13-17-29(55)18-14-27)51-39(60)32(21-26-11-15-28(54)16-12-26)50-36(57)24(3)47-25(4)53/h11-18,23-24,30-34,54-55H,5-10,19-22,42H2,1-4H3,(H2,43,56)(H,47,53)(H,48,61)(H,49,59)(H,50,57)(H,51,60)(H,52,58)(H4,44,45,46)/t23-,24-,30-,31-,32-,33-,34-/m0/s1. The fourth-order valence-corrected chi connectivity index (χ4v) is 6.13. The van der Waals surface area contributed by atoms with Gasteiger partial charge in [0, 0.05) is 26.3 Å². The molecule has 61 heavy (non-hydrogen) atoms. The Morgan fingerprint density at radius 1 is 0.607 bits per heavy atom. The van der Waals surface area contributed by atoms with Gasteiger partial charge in [0.2, 0.25) is 41.4 Å². The first-order chi connectivity index (χ1) is 28.8. The molecule has 0 saturated heterocycles. The molecule has 0 aromatic heterocycles. The van der Waals surface area contributed by atoms with Gasteiger partial charge < -0.3 is 65.0 Å². The summed E-state index contributed by atoms with van der Waals surface area (Å²) in [6.07, 6.45) is 1.76. The van der Waals surface area contributed by atoms with E-state index < -0.39 is 83.5 Å². The molecule has 0 aliphatic carbocycles. The highest BCUT2D eigenvalue weighted by Gasteiger charge is 2.34. The Labute approximate surface area is 355 Å². The molecule has 0 heterocycles.